The number of carbonyl (C=O) groups is 2. The largest absolute Gasteiger partial charge is 0.377 e. The van der Waals surface area contributed by atoms with Gasteiger partial charge in [-0.15, -0.1) is 0 Å². The van der Waals surface area contributed by atoms with Crippen molar-refractivity contribution >= 4 is 29.1 Å². The van der Waals surface area contributed by atoms with Crippen LogP contribution in [0.5, 0.6) is 0 Å². The Morgan fingerprint density at radius 3 is 2.60 bits per heavy atom. The molecule has 3 heterocycles. The molecular weight excluding hydrogens is 444 g/mol. The van der Waals surface area contributed by atoms with Gasteiger partial charge in [0.05, 0.1) is 25.5 Å². The van der Waals surface area contributed by atoms with Gasteiger partial charge in [-0.1, -0.05) is 29.8 Å². The molecule has 1 saturated heterocycles. The zero-order valence-electron chi connectivity index (χ0n) is 20.0. The van der Waals surface area contributed by atoms with Gasteiger partial charge in [0.1, 0.15) is 11.7 Å². The van der Waals surface area contributed by atoms with Crippen LogP contribution in [0.25, 0.3) is 11.4 Å². The van der Waals surface area contributed by atoms with Gasteiger partial charge in [0.15, 0.2) is 11.6 Å². The van der Waals surface area contributed by atoms with Crippen molar-refractivity contribution in [3.05, 3.63) is 65.9 Å². The zero-order chi connectivity index (χ0) is 24.5. The summed E-state index contributed by atoms with van der Waals surface area (Å²) in [6.45, 7) is 5.52. The van der Waals surface area contributed by atoms with E-state index in [9.17, 15) is 9.59 Å². The number of amides is 3. The number of aromatic nitrogens is 2. The summed E-state index contributed by atoms with van der Waals surface area (Å²) in [5.74, 6) is 1.28. The number of carbonyl (C=O) groups excluding carboxylic acids is 2. The van der Waals surface area contributed by atoms with Crippen molar-refractivity contribution in [2.45, 2.75) is 25.9 Å². The number of nitrogens with one attached hydrogen (secondary N) is 2. The third-order valence-corrected chi connectivity index (χ3v) is 6.51. The van der Waals surface area contributed by atoms with Crippen molar-refractivity contribution < 1.29 is 14.3 Å². The van der Waals surface area contributed by atoms with Crippen LogP contribution in [0.2, 0.25) is 0 Å². The summed E-state index contributed by atoms with van der Waals surface area (Å²) in [6, 6.07) is 14.7. The van der Waals surface area contributed by atoms with Gasteiger partial charge in [0.25, 0.3) is 5.91 Å². The number of benzene rings is 2. The first-order valence-electron chi connectivity index (χ1n) is 11.7. The van der Waals surface area contributed by atoms with Crippen molar-refractivity contribution in [1.29, 1.82) is 0 Å². The second-order valence-electron chi connectivity index (χ2n) is 8.76. The summed E-state index contributed by atoms with van der Waals surface area (Å²) >= 11 is 0. The van der Waals surface area contributed by atoms with E-state index in [0.29, 0.717) is 37.0 Å². The first kappa shape index (κ1) is 22.8. The minimum absolute atomic E-state index is 0.00810. The van der Waals surface area contributed by atoms with Crippen LogP contribution >= 0.6 is 0 Å². The maximum atomic E-state index is 13.6. The molecule has 2 aliphatic rings. The highest BCUT2D eigenvalue weighted by Gasteiger charge is 2.43. The van der Waals surface area contributed by atoms with Gasteiger partial charge >= 0.3 is 6.03 Å². The maximum Gasteiger partial charge on any atom is 0.318 e. The number of hydrogen-bond acceptors (Lipinski definition) is 6. The Kier molecular flexibility index (Phi) is 6.08. The number of anilines is 3. The third kappa shape index (κ3) is 4.30. The van der Waals surface area contributed by atoms with Crippen molar-refractivity contribution in [1.82, 2.24) is 15.3 Å². The summed E-state index contributed by atoms with van der Waals surface area (Å²) in [5, 5.41) is 5.27. The van der Waals surface area contributed by atoms with Gasteiger partial charge in [0, 0.05) is 24.8 Å². The van der Waals surface area contributed by atoms with Gasteiger partial charge in [-0.2, -0.15) is 0 Å². The van der Waals surface area contributed by atoms with Crippen LogP contribution in [0, 0.1) is 6.92 Å². The van der Waals surface area contributed by atoms with E-state index in [0.717, 1.165) is 16.9 Å². The normalized spacial score (nSPS) is 17.9. The Labute approximate surface area is 204 Å². The molecule has 0 spiro atoms. The van der Waals surface area contributed by atoms with E-state index in [1.54, 1.807) is 30.3 Å². The van der Waals surface area contributed by atoms with Crippen LogP contribution in [-0.2, 0) is 9.53 Å². The van der Waals surface area contributed by atoms with Gasteiger partial charge in [-0.25, -0.2) is 14.8 Å². The molecule has 1 aromatic heterocycles. The van der Waals surface area contributed by atoms with Gasteiger partial charge in [-0.05, 0) is 43.7 Å². The van der Waals surface area contributed by atoms with E-state index in [2.05, 4.69) is 39.9 Å². The van der Waals surface area contributed by atoms with E-state index >= 15 is 0 Å². The number of rotatable bonds is 4. The van der Waals surface area contributed by atoms with E-state index in [4.69, 9.17) is 9.72 Å². The van der Waals surface area contributed by atoms with Gasteiger partial charge in [-0.3, -0.25) is 9.69 Å². The van der Waals surface area contributed by atoms with E-state index < -0.39 is 6.04 Å². The lowest BCUT2D eigenvalue weighted by Gasteiger charge is -2.45. The fourth-order valence-electron chi connectivity index (χ4n) is 4.52. The molecule has 9 heteroatoms. The quantitative estimate of drug-likeness (QED) is 0.603. The molecule has 2 N–H and O–H groups in total. The molecule has 0 saturated carbocycles. The number of nitrogens with zero attached hydrogens (tertiary/aromatic N) is 4. The van der Waals surface area contributed by atoms with Crippen LogP contribution in [0.1, 0.15) is 24.1 Å². The molecule has 0 bridgehead atoms. The highest BCUT2D eigenvalue weighted by Crippen LogP contribution is 2.40. The van der Waals surface area contributed by atoms with Crippen LogP contribution in [-0.4, -0.2) is 54.8 Å². The molecule has 2 aliphatic heterocycles. The Bertz CT molecular complexity index is 1240. The van der Waals surface area contributed by atoms with E-state index in [1.807, 2.05) is 30.9 Å². The van der Waals surface area contributed by atoms with E-state index in [-0.39, 0.29) is 18.0 Å². The summed E-state index contributed by atoms with van der Waals surface area (Å²) in [7, 11) is 1.57. The number of urea groups is 1. The van der Waals surface area contributed by atoms with Crippen LogP contribution in [0.4, 0.5) is 22.0 Å². The molecule has 180 valence electrons. The molecule has 3 aromatic rings. The Morgan fingerprint density at radius 2 is 1.89 bits per heavy atom. The minimum Gasteiger partial charge on any atom is -0.377 e. The molecule has 9 nitrogen and oxygen atoms in total. The molecular formula is C26H28N6O3. The molecule has 3 amide bonds. The summed E-state index contributed by atoms with van der Waals surface area (Å²) in [4.78, 5) is 38.6. The molecule has 2 atom stereocenters. The molecule has 1 fully saturated rings. The predicted molar refractivity (Wildman–Crippen MR) is 135 cm³/mol. The van der Waals surface area contributed by atoms with Crippen molar-refractivity contribution in [3.63, 3.8) is 0 Å². The number of fused-ring (bicyclic) bond motifs is 3. The Morgan fingerprint density at radius 1 is 1.14 bits per heavy atom. The Balaban J connectivity index is 1.53. The maximum absolute atomic E-state index is 13.6. The number of hydrogen-bond donors (Lipinski definition) is 2. The van der Waals surface area contributed by atoms with Gasteiger partial charge < -0.3 is 20.3 Å². The SMILES string of the molecule is CNC(=O)Nc1ccc(-c2ncc3c(n2)N2CCOC[C@H]2C(=O)N3[C@@H](C)c2ccc(C)cc2)cc1. The minimum atomic E-state index is -0.425. The first-order chi connectivity index (χ1) is 17.0. The van der Waals surface area contributed by atoms with Crippen molar-refractivity contribution in [2.24, 2.45) is 0 Å². The van der Waals surface area contributed by atoms with Crippen LogP contribution < -0.4 is 20.4 Å². The summed E-state index contributed by atoms with van der Waals surface area (Å²) < 4.78 is 5.67. The molecule has 0 aliphatic carbocycles. The smallest absolute Gasteiger partial charge is 0.318 e. The lowest BCUT2D eigenvalue weighted by Crippen LogP contribution is -2.59. The van der Waals surface area contributed by atoms with Crippen molar-refractivity contribution in [3.8, 4) is 11.4 Å². The molecule has 0 radical (unpaired) electrons. The Hall–Kier alpha value is -3.98. The highest BCUT2D eigenvalue weighted by molar-refractivity contribution is 6.05. The third-order valence-electron chi connectivity index (χ3n) is 6.51. The second kappa shape index (κ2) is 9.34. The second-order valence-corrected chi connectivity index (χ2v) is 8.76. The average Bonchev–Trinajstić information content (AvgIpc) is 2.89. The molecule has 35 heavy (non-hydrogen) atoms. The van der Waals surface area contributed by atoms with Crippen molar-refractivity contribution in [2.75, 3.05) is 41.9 Å². The lowest BCUT2D eigenvalue weighted by molar-refractivity contribution is -0.123. The monoisotopic (exact) mass is 472 g/mol. The standard InChI is InChI=1S/C26H28N6O3/c1-16-4-6-18(7-5-16)17(2)32-21-14-28-23(19-8-10-20(11-9-19)29-26(34)27-3)30-24(21)31-12-13-35-15-22(31)25(32)33/h4-11,14,17,22H,12-13,15H2,1-3H3,(H2,27,29,34)/t17-,22-/m0/s1. The van der Waals surface area contributed by atoms with Crippen LogP contribution in [0.15, 0.2) is 54.7 Å². The number of ether oxygens (including phenoxy) is 1. The summed E-state index contributed by atoms with van der Waals surface area (Å²) in [6.07, 6.45) is 1.74. The predicted octanol–water partition coefficient (Wildman–Crippen LogP) is 3.52. The average molecular weight is 473 g/mol. The molecule has 5 rings (SSSR count). The summed E-state index contributed by atoms with van der Waals surface area (Å²) in [5.41, 5.74) is 4.40. The fraction of sp³-hybridized carbons (Fsp3) is 0.308. The number of morpholine rings is 1. The highest BCUT2D eigenvalue weighted by atomic mass is 16.5. The molecule has 2 aromatic carbocycles. The molecule has 0 unspecified atom stereocenters. The lowest BCUT2D eigenvalue weighted by atomic mass is 10.0. The first-order valence-corrected chi connectivity index (χ1v) is 11.7. The topological polar surface area (TPSA) is 99.7 Å². The van der Waals surface area contributed by atoms with E-state index in [1.165, 1.54) is 5.56 Å². The zero-order valence-corrected chi connectivity index (χ0v) is 20.0. The number of aryl methyl sites for hydroxylation is 1. The fourth-order valence-corrected chi connectivity index (χ4v) is 4.52. The van der Waals surface area contributed by atoms with Gasteiger partial charge in [0.2, 0.25) is 0 Å². The van der Waals surface area contributed by atoms with Crippen LogP contribution in [0.3, 0.4) is 0 Å².